The van der Waals surface area contributed by atoms with Crippen LogP contribution in [0.5, 0.6) is 0 Å². The molecule has 0 aliphatic rings. The van der Waals surface area contributed by atoms with Crippen LogP contribution in [0.25, 0.3) is 0 Å². The molecule has 1 unspecified atom stereocenters. The van der Waals surface area contributed by atoms with Crippen molar-refractivity contribution < 1.29 is 18.4 Å². The molecule has 0 aliphatic heterocycles. The van der Waals surface area contributed by atoms with Crippen molar-refractivity contribution in [3.8, 4) is 0 Å². The van der Waals surface area contributed by atoms with Crippen molar-refractivity contribution in [2.75, 3.05) is 0 Å². The van der Waals surface area contributed by atoms with Crippen LogP contribution >= 0.6 is 11.6 Å². The summed E-state index contributed by atoms with van der Waals surface area (Å²) in [7, 11) is 0. The molecule has 0 heterocycles. The molecule has 13 heavy (non-hydrogen) atoms. The molecule has 76 valence electrons. The lowest BCUT2D eigenvalue weighted by Crippen LogP contribution is -2.42. The van der Waals surface area contributed by atoms with E-state index in [4.69, 9.17) is 0 Å². The van der Waals surface area contributed by atoms with Gasteiger partial charge in [-0.1, -0.05) is 6.92 Å². The molecule has 0 aromatic rings. The number of Topliss-reactive ketones (excluding diaryl/α,β-unsaturated/α-hetero) is 2. The van der Waals surface area contributed by atoms with E-state index in [0.717, 1.165) is 6.92 Å². The monoisotopic (exact) mass is 212 g/mol. The van der Waals surface area contributed by atoms with Crippen LogP contribution in [0.3, 0.4) is 0 Å². The summed E-state index contributed by atoms with van der Waals surface area (Å²) in [6, 6.07) is 0. The van der Waals surface area contributed by atoms with Crippen LogP contribution in [0, 0.1) is 5.41 Å². The van der Waals surface area contributed by atoms with E-state index in [1.54, 1.807) is 0 Å². The Morgan fingerprint density at radius 3 is 1.85 bits per heavy atom. The molecular formula is C8H11ClF2O2. The molecule has 0 saturated carbocycles. The SMILES string of the molecule is CCC(C)(C(C)=O)C(=O)C(F)(F)Cl. The van der Waals surface area contributed by atoms with Gasteiger partial charge in [0.2, 0.25) is 5.78 Å². The van der Waals surface area contributed by atoms with Crippen molar-refractivity contribution in [3.05, 3.63) is 0 Å². The van der Waals surface area contributed by atoms with Crippen LogP contribution < -0.4 is 0 Å². The highest BCUT2D eigenvalue weighted by Gasteiger charge is 2.49. The fourth-order valence-electron chi connectivity index (χ4n) is 0.882. The third-order valence-corrected chi connectivity index (χ3v) is 2.41. The summed E-state index contributed by atoms with van der Waals surface area (Å²) in [5.41, 5.74) is -1.68. The van der Waals surface area contributed by atoms with E-state index < -0.39 is 22.4 Å². The van der Waals surface area contributed by atoms with Crippen LogP contribution in [0.4, 0.5) is 8.78 Å². The first-order valence-corrected chi connectivity index (χ1v) is 4.16. The second-order valence-corrected chi connectivity index (χ2v) is 3.54. The predicted molar refractivity (Wildman–Crippen MR) is 44.9 cm³/mol. The average Bonchev–Trinajstić information content (AvgIpc) is 1.99. The van der Waals surface area contributed by atoms with Crippen molar-refractivity contribution in [1.82, 2.24) is 0 Å². The number of carbonyl (C=O) groups is 2. The molecule has 0 N–H and O–H groups in total. The molecule has 0 bridgehead atoms. The quantitative estimate of drug-likeness (QED) is 0.530. The Morgan fingerprint density at radius 1 is 1.38 bits per heavy atom. The number of carbonyl (C=O) groups excluding carboxylic acids is 2. The van der Waals surface area contributed by atoms with Crippen LogP contribution in [-0.4, -0.2) is 16.9 Å². The van der Waals surface area contributed by atoms with Gasteiger partial charge < -0.3 is 0 Å². The lowest BCUT2D eigenvalue weighted by Gasteiger charge is -2.24. The van der Waals surface area contributed by atoms with Crippen molar-refractivity contribution in [3.63, 3.8) is 0 Å². The van der Waals surface area contributed by atoms with Crippen molar-refractivity contribution >= 4 is 23.2 Å². The topological polar surface area (TPSA) is 34.1 Å². The van der Waals surface area contributed by atoms with E-state index in [9.17, 15) is 18.4 Å². The van der Waals surface area contributed by atoms with Crippen LogP contribution in [-0.2, 0) is 9.59 Å². The van der Waals surface area contributed by atoms with E-state index in [0.29, 0.717) is 0 Å². The molecule has 0 aromatic carbocycles. The first-order chi connectivity index (χ1) is 5.66. The zero-order chi connectivity index (χ0) is 10.9. The molecule has 1 atom stereocenters. The number of hydrogen-bond donors (Lipinski definition) is 0. The lowest BCUT2D eigenvalue weighted by atomic mass is 9.79. The van der Waals surface area contributed by atoms with E-state index in [1.807, 2.05) is 0 Å². The van der Waals surface area contributed by atoms with Gasteiger partial charge in [0.25, 0.3) is 0 Å². The summed E-state index contributed by atoms with van der Waals surface area (Å²) in [5.74, 6) is -2.13. The first kappa shape index (κ1) is 12.5. The van der Waals surface area contributed by atoms with Gasteiger partial charge in [-0.2, -0.15) is 8.78 Å². The summed E-state index contributed by atoms with van der Waals surface area (Å²) >= 11 is 4.56. The average molecular weight is 213 g/mol. The summed E-state index contributed by atoms with van der Waals surface area (Å²) in [5, 5.41) is -3.96. The summed E-state index contributed by atoms with van der Waals surface area (Å²) in [4.78, 5) is 22.0. The maximum atomic E-state index is 12.4. The highest BCUT2D eigenvalue weighted by molar-refractivity contribution is 6.35. The van der Waals surface area contributed by atoms with Gasteiger partial charge in [0.1, 0.15) is 5.78 Å². The molecular weight excluding hydrogens is 202 g/mol. The highest BCUT2D eigenvalue weighted by atomic mass is 35.5. The summed E-state index contributed by atoms with van der Waals surface area (Å²) in [6.45, 7) is 3.76. The Balaban J connectivity index is 5.01. The lowest BCUT2D eigenvalue weighted by molar-refractivity contribution is -0.149. The van der Waals surface area contributed by atoms with Gasteiger partial charge in [0.15, 0.2) is 0 Å². The fourth-order valence-corrected chi connectivity index (χ4v) is 1.09. The standard InChI is InChI=1S/C8H11ClF2O2/c1-4-7(3,5(2)12)6(13)8(9,10)11/h4H2,1-3H3. The Labute approximate surface area is 80.3 Å². The van der Waals surface area contributed by atoms with Crippen LogP contribution in [0.1, 0.15) is 27.2 Å². The molecule has 0 radical (unpaired) electrons. The van der Waals surface area contributed by atoms with Gasteiger partial charge in [0, 0.05) is 0 Å². The molecule has 2 nitrogen and oxygen atoms in total. The minimum absolute atomic E-state index is 0.0173. The molecule has 0 aromatic heterocycles. The van der Waals surface area contributed by atoms with Crippen molar-refractivity contribution in [2.24, 2.45) is 5.41 Å². The zero-order valence-electron chi connectivity index (χ0n) is 7.66. The first-order valence-electron chi connectivity index (χ1n) is 3.79. The molecule has 0 saturated heterocycles. The second kappa shape index (κ2) is 3.70. The van der Waals surface area contributed by atoms with Crippen LogP contribution in [0.15, 0.2) is 0 Å². The summed E-state index contributed by atoms with van der Waals surface area (Å²) < 4.78 is 24.8. The maximum Gasteiger partial charge on any atom is 0.381 e. The van der Waals surface area contributed by atoms with Gasteiger partial charge >= 0.3 is 5.38 Å². The van der Waals surface area contributed by atoms with Gasteiger partial charge in [-0.05, 0) is 31.9 Å². The number of hydrogen-bond acceptors (Lipinski definition) is 2. The molecule has 0 rings (SSSR count). The Morgan fingerprint density at radius 2 is 1.77 bits per heavy atom. The molecule has 0 aliphatic carbocycles. The normalized spacial score (nSPS) is 16.5. The minimum atomic E-state index is -3.96. The van der Waals surface area contributed by atoms with Crippen molar-refractivity contribution in [1.29, 1.82) is 0 Å². The van der Waals surface area contributed by atoms with Gasteiger partial charge in [-0.3, -0.25) is 9.59 Å². The molecule has 0 spiro atoms. The highest BCUT2D eigenvalue weighted by Crippen LogP contribution is 2.34. The van der Waals surface area contributed by atoms with E-state index in [2.05, 4.69) is 11.6 Å². The van der Waals surface area contributed by atoms with Gasteiger partial charge in [0.05, 0.1) is 5.41 Å². The molecule has 5 heteroatoms. The van der Waals surface area contributed by atoms with Crippen molar-refractivity contribution in [2.45, 2.75) is 32.6 Å². The number of halogens is 3. The number of alkyl halides is 3. The van der Waals surface area contributed by atoms with E-state index in [1.165, 1.54) is 13.8 Å². The number of ketones is 2. The largest absolute Gasteiger partial charge is 0.381 e. The Bertz CT molecular complexity index is 235. The molecule has 0 fully saturated rings. The Hall–Kier alpha value is -0.510. The second-order valence-electron chi connectivity index (χ2n) is 3.07. The smallest absolute Gasteiger partial charge is 0.299 e. The van der Waals surface area contributed by atoms with Gasteiger partial charge in [-0.15, -0.1) is 0 Å². The Kier molecular flexibility index (Phi) is 3.55. The minimum Gasteiger partial charge on any atom is -0.299 e. The fraction of sp³-hybridized carbons (Fsp3) is 0.750. The summed E-state index contributed by atoms with van der Waals surface area (Å²) in [6.07, 6.45) is 0.0173. The van der Waals surface area contributed by atoms with E-state index >= 15 is 0 Å². The predicted octanol–water partition coefficient (Wildman–Crippen LogP) is 2.39. The maximum absolute atomic E-state index is 12.4. The third kappa shape index (κ3) is 2.46. The zero-order valence-corrected chi connectivity index (χ0v) is 8.41. The van der Waals surface area contributed by atoms with E-state index in [-0.39, 0.29) is 6.42 Å². The van der Waals surface area contributed by atoms with Crippen LogP contribution in [0.2, 0.25) is 0 Å². The molecule has 0 amide bonds. The van der Waals surface area contributed by atoms with Gasteiger partial charge in [-0.25, -0.2) is 0 Å². The number of rotatable bonds is 4. The third-order valence-electron chi connectivity index (χ3n) is 2.24.